The minimum Gasteiger partial charge on any atom is -0.652 e. The van der Waals surface area contributed by atoms with E-state index >= 15 is 0 Å². The predicted octanol–water partition coefficient (Wildman–Crippen LogP) is -9.80. The van der Waals surface area contributed by atoms with Crippen LogP contribution in [-0.4, -0.2) is 24.6 Å². The molecule has 0 atom stereocenters. The largest absolute Gasteiger partial charge is 2.00 e. The number of carboxylic acid groups (broad SMARTS) is 8. The Kier molecular flexibility index (Phi) is 109. The molecule has 0 aliphatic rings. The van der Waals surface area contributed by atoms with Crippen molar-refractivity contribution >= 4 is 24.6 Å². The van der Waals surface area contributed by atoms with Gasteiger partial charge < -0.3 is 60.0 Å². The monoisotopic (exact) mass is 473 g/mol. The first kappa shape index (κ1) is 50.7. The Balaban J connectivity index is -0.0000000150. The molecular formula is C4FeMnNiO12Zn. The third kappa shape index (κ3) is 7780. The molecule has 0 amide bonds. The van der Waals surface area contributed by atoms with Crippen LogP contribution in [0.25, 0.3) is 0 Å². The minimum atomic E-state index is -2.33. The van der Waals surface area contributed by atoms with E-state index in [1.807, 2.05) is 0 Å². The van der Waals surface area contributed by atoms with Crippen LogP contribution in [0.5, 0.6) is 0 Å². The van der Waals surface area contributed by atoms with Crippen LogP contribution >= 0.6 is 0 Å². The second-order valence-corrected chi connectivity index (χ2v) is 1.00. The first-order valence-corrected chi connectivity index (χ1v) is 2.45. The number of carbonyl (C=O) groups excluding carboxylic acids is 4. The van der Waals surface area contributed by atoms with Gasteiger partial charge in [-0.05, 0) is 24.6 Å². The molecule has 0 saturated carbocycles. The van der Waals surface area contributed by atoms with Crippen molar-refractivity contribution in [3.05, 3.63) is 0 Å². The van der Waals surface area contributed by atoms with Crippen molar-refractivity contribution in [2.75, 3.05) is 0 Å². The van der Waals surface area contributed by atoms with Crippen molar-refractivity contribution in [3.8, 4) is 0 Å². The molecule has 0 unspecified atom stereocenters. The van der Waals surface area contributed by atoms with Crippen molar-refractivity contribution in [2.45, 2.75) is 0 Å². The summed E-state index contributed by atoms with van der Waals surface area (Å²) < 4.78 is 0. The van der Waals surface area contributed by atoms with E-state index < -0.39 is 24.6 Å². The van der Waals surface area contributed by atoms with Gasteiger partial charge in [0.25, 0.3) is 0 Å². The Morgan fingerprint density at radius 2 is 0.500 bits per heavy atom. The molecule has 0 heterocycles. The summed E-state index contributed by atoms with van der Waals surface area (Å²) in [5, 5.41) is 66.7. The Labute approximate surface area is 154 Å². The summed E-state index contributed by atoms with van der Waals surface area (Å²) in [4.78, 5) is 33.3. The number of hydrogen-bond donors (Lipinski definition) is 0. The summed E-state index contributed by atoms with van der Waals surface area (Å²) in [7, 11) is 0. The number of hydrogen-bond acceptors (Lipinski definition) is 12. The van der Waals surface area contributed by atoms with Gasteiger partial charge in [-0.25, -0.2) is 0 Å². The van der Waals surface area contributed by atoms with Crippen molar-refractivity contribution in [1.29, 1.82) is 0 Å². The Morgan fingerprint density at radius 1 is 0.500 bits per heavy atom. The molecule has 0 aliphatic carbocycles. The first-order valence-electron chi connectivity index (χ1n) is 2.45. The standard InChI is InChI=1S/4CH2O3.Fe.Mn.Ni.Zn/c4*2-1(3)4;;;;/h4*(H2,2,3,4);;;;/q;;;;4*+2/p-8. The average Bonchev–Trinajstić information content (AvgIpc) is 1.76. The maximum Gasteiger partial charge on any atom is 2.00 e. The molecule has 12 nitrogen and oxygen atoms in total. The van der Waals surface area contributed by atoms with Gasteiger partial charge in [-0.1, -0.05) is 0 Å². The zero-order valence-electron chi connectivity index (χ0n) is 8.65. The van der Waals surface area contributed by atoms with Crippen LogP contribution in [0.4, 0.5) is 19.2 Å². The Hall–Kier alpha value is -0.764. The van der Waals surface area contributed by atoms with Crippen molar-refractivity contribution in [2.24, 2.45) is 0 Å². The maximum atomic E-state index is 8.33. The van der Waals surface area contributed by atoms with Gasteiger partial charge in [0.1, 0.15) is 0 Å². The molecule has 0 aliphatic heterocycles. The quantitative estimate of drug-likeness (QED) is 0.296. The summed E-state index contributed by atoms with van der Waals surface area (Å²) in [6.45, 7) is 0. The van der Waals surface area contributed by atoms with Crippen LogP contribution in [0.3, 0.4) is 0 Å². The summed E-state index contributed by atoms with van der Waals surface area (Å²) in [5.41, 5.74) is 0. The van der Waals surface area contributed by atoms with Crippen LogP contribution in [0.15, 0.2) is 0 Å². The third-order valence-corrected chi connectivity index (χ3v) is 0. The van der Waals surface area contributed by atoms with Crippen molar-refractivity contribution < 1.29 is 130 Å². The molecular weight excluding hydrogens is 475 g/mol. The van der Waals surface area contributed by atoms with Gasteiger partial charge in [0, 0.05) is 0 Å². The summed E-state index contributed by atoms with van der Waals surface area (Å²) in [6.07, 6.45) is -9.33. The molecule has 1 radical (unpaired) electrons. The van der Waals surface area contributed by atoms with E-state index in [0.29, 0.717) is 0 Å². The fraction of sp³-hybridized carbons (Fsp3) is 0. The van der Waals surface area contributed by atoms with Gasteiger partial charge in [0.2, 0.25) is 0 Å². The number of rotatable bonds is 0. The van der Waals surface area contributed by atoms with Gasteiger partial charge in [-0.15, -0.1) is 0 Å². The molecule has 0 aromatic carbocycles. The molecule has 0 spiro atoms. The molecule has 0 aromatic heterocycles. The summed E-state index contributed by atoms with van der Waals surface area (Å²) in [6, 6.07) is 0. The second kappa shape index (κ2) is 42.9. The van der Waals surface area contributed by atoms with Gasteiger partial charge in [-0.2, -0.15) is 0 Å². The molecule has 0 rings (SSSR count). The molecule has 0 bridgehead atoms. The van der Waals surface area contributed by atoms with E-state index in [0.717, 1.165) is 0 Å². The SMILES string of the molecule is O=C([O-])[O-].O=C([O-])[O-].O=C([O-])[O-].O=C([O-])[O-].[Fe+2].[Mn+2].[Ni+2].[Zn+2]. The van der Waals surface area contributed by atoms with Gasteiger partial charge in [-0.3, -0.25) is 0 Å². The van der Waals surface area contributed by atoms with Crippen molar-refractivity contribution in [1.82, 2.24) is 0 Å². The van der Waals surface area contributed by atoms with E-state index in [-0.39, 0.29) is 70.1 Å². The van der Waals surface area contributed by atoms with Gasteiger partial charge in [0.15, 0.2) is 0 Å². The maximum absolute atomic E-state index is 8.33. The van der Waals surface area contributed by atoms with Gasteiger partial charge in [0.05, 0.1) is 0 Å². The van der Waals surface area contributed by atoms with Crippen LogP contribution in [0.2, 0.25) is 0 Å². The van der Waals surface area contributed by atoms with Gasteiger partial charge >= 0.3 is 70.1 Å². The molecule has 0 aromatic rings. The average molecular weight is 475 g/mol. The Bertz CT molecular complexity index is 175. The zero-order valence-corrected chi connectivity index (χ0v) is 14.9. The Morgan fingerprint density at radius 3 is 0.500 bits per heavy atom. The fourth-order valence-electron chi connectivity index (χ4n) is 0. The predicted molar refractivity (Wildman–Crippen MR) is 21.6 cm³/mol. The molecule has 0 N–H and O–H groups in total. The van der Waals surface area contributed by atoms with E-state index in [2.05, 4.69) is 0 Å². The van der Waals surface area contributed by atoms with Crippen LogP contribution in [0, 0.1) is 0 Å². The summed E-state index contributed by atoms with van der Waals surface area (Å²) >= 11 is 0. The van der Waals surface area contributed by atoms with E-state index in [4.69, 9.17) is 60.0 Å². The van der Waals surface area contributed by atoms with Crippen LogP contribution in [-0.2, 0) is 70.1 Å². The van der Waals surface area contributed by atoms with Crippen LogP contribution < -0.4 is 40.9 Å². The molecule has 0 fully saturated rings. The summed E-state index contributed by atoms with van der Waals surface area (Å²) in [5.74, 6) is 0. The zero-order chi connectivity index (χ0) is 14.3. The normalized spacial score (nSPS) is 4.80. The van der Waals surface area contributed by atoms with E-state index in [9.17, 15) is 0 Å². The number of carbonyl (C=O) groups is 4. The van der Waals surface area contributed by atoms with E-state index in [1.54, 1.807) is 0 Å². The fourth-order valence-corrected chi connectivity index (χ4v) is 0. The minimum absolute atomic E-state index is 0. The smallest absolute Gasteiger partial charge is 0.652 e. The second-order valence-electron chi connectivity index (χ2n) is 1.00. The van der Waals surface area contributed by atoms with E-state index in [1.165, 1.54) is 0 Å². The molecule has 16 heteroatoms. The third-order valence-electron chi connectivity index (χ3n) is 0. The molecule has 115 valence electrons. The molecule has 20 heavy (non-hydrogen) atoms. The van der Waals surface area contributed by atoms with Crippen LogP contribution in [0.1, 0.15) is 0 Å². The molecule has 0 saturated heterocycles. The first-order chi connectivity index (χ1) is 6.93. The topological polar surface area (TPSA) is 253 Å². The van der Waals surface area contributed by atoms with Crippen molar-refractivity contribution in [3.63, 3.8) is 0 Å².